The van der Waals surface area contributed by atoms with Crippen molar-refractivity contribution in [1.29, 1.82) is 0 Å². The summed E-state index contributed by atoms with van der Waals surface area (Å²) in [4.78, 5) is 11.9. The van der Waals surface area contributed by atoms with Crippen LogP contribution in [0.15, 0.2) is 24.3 Å². The van der Waals surface area contributed by atoms with Gasteiger partial charge in [0.25, 0.3) is 0 Å². The molecule has 86 valence electrons. The molecule has 1 aliphatic carbocycles. The second kappa shape index (κ2) is 4.04. The van der Waals surface area contributed by atoms with Crippen LogP contribution < -0.4 is 0 Å². The van der Waals surface area contributed by atoms with Crippen LogP contribution in [0.25, 0.3) is 0 Å². The lowest BCUT2D eigenvalue weighted by molar-refractivity contribution is -0.122. The zero-order valence-corrected chi connectivity index (χ0v) is 10.4. The van der Waals surface area contributed by atoms with Gasteiger partial charge in [-0.3, -0.25) is 4.79 Å². The van der Waals surface area contributed by atoms with Gasteiger partial charge in [0.1, 0.15) is 5.78 Å². The lowest BCUT2D eigenvalue weighted by Crippen LogP contribution is -2.14. The van der Waals surface area contributed by atoms with Crippen LogP contribution in [0, 0.1) is 5.41 Å². The van der Waals surface area contributed by atoms with E-state index in [4.69, 9.17) is 0 Å². The molecule has 0 spiro atoms. The first-order chi connectivity index (χ1) is 7.51. The molecule has 0 heterocycles. The maximum atomic E-state index is 11.9. The molecule has 0 N–H and O–H groups in total. The minimum atomic E-state index is 0.0106. The Labute approximate surface area is 97.9 Å². The van der Waals surface area contributed by atoms with E-state index >= 15 is 0 Å². The number of Topliss-reactive ketones (excluding diaryl/α,β-unsaturated/α-hetero) is 1. The van der Waals surface area contributed by atoms with Gasteiger partial charge in [-0.25, -0.2) is 0 Å². The summed E-state index contributed by atoms with van der Waals surface area (Å²) in [5.41, 5.74) is 2.51. The molecule has 1 nitrogen and oxygen atoms in total. The van der Waals surface area contributed by atoms with Gasteiger partial charge in [-0.2, -0.15) is 0 Å². The molecule has 0 aliphatic heterocycles. The second-order valence-electron chi connectivity index (χ2n) is 5.56. The molecular formula is C15H20O. The highest BCUT2D eigenvalue weighted by Crippen LogP contribution is 2.46. The molecule has 1 aromatic rings. The quantitative estimate of drug-likeness (QED) is 0.749. The smallest absolute Gasteiger partial charge is 0.143 e. The first kappa shape index (κ1) is 11.4. The van der Waals surface area contributed by atoms with Crippen LogP contribution in [0.3, 0.4) is 0 Å². The normalized spacial score (nSPS) is 17.5. The molecule has 2 rings (SSSR count). The number of hydrogen-bond acceptors (Lipinski definition) is 1. The van der Waals surface area contributed by atoms with Crippen LogP contribution in [0.4, 0.5) is 0 Å². The van der Waals surface area contributed by atoms with Crippen LogP contribution in [-0.4, -0.2) is 5.78 Å². The predicted molar refractivity (Wildman–Crippen MR) is 66.6 cm³/mol. The minimum absolute atomic E-state index is 0.0106. The Hall–Kier alpha value is -1.11. The number of ketones is 1. The van der Waals surface area contributed by atoms with Crippen molar-refractivity contribution >= 4 is 5.78 Å². The third kappa shape index (κ3) is 2.34. The summed E-state index contributed by atoms with van der Waals surface area (Å²) >= 11 is 0. The third-order valence-corrected chi connectivity index (χ3v) is 3.68. The van der Waals surface area contributed by atoms with Crippen molar-refractivity contribution in [3.8, 4) is 0 Å². The highest BCUT2D eigenvalue weighted by Gasteiger charge is 2.43. The molecule has 1 fully saturated rings. The van der Waals surface area contributed by atoms with E-state index < -0.39 is 0 Å². The number of carbonyl (C=O) groups excluding carboxylic acids is 1. The SMILES string of the molecule is CC(C)c1ccc(CC(=O)C2(C)CC2)cc1. The number of carbonyl (C=O) groups is 1. The van der Waals surface area contributed by atoms with E-state index in [0.717, 1.165) is 18.4 Å². The van der Waals surface area contributed by atoms with E-state index in [1.54, 1.807) is 0 Å². The predicted octanol–water partition coefficient (Wildman–Crippen LogP) is 3.72. The molecule has 0 amide bonds. The van der Waals surface area contributed by atoms with Crippen LogP contribution in [0.2, 0.25) is 0 Å². The zero-order chi connectivity index (χ0) is 11.8. The van der Waals surface area contributed by atoms with E-state index in [2.05, 4.69) is 45.0 Å². The van der Waals surface area contributed by atoms with Gasteiger partial charge < -0.3 is 0 Å². The second-order valence-corrected chi connectivity index (χ2v) is 5.56. The van der Waals surface area contributed by atoms with Crippen LogP contribution in [0.5, 0.6) is 0 Å². The Kier molecular flexibility index (Phi) is 2.88. The van der Waals surface area contributed by atoms with Crippen LogP contribution in [-0.2, 0) is 11.2 Å². The molecule has 0 saturated heterocycles. The van der Waals surface area contributed by atoms with Crippen molar-refractivity contribution in [2.75, 3.05) is 0 Å². The van der Waals surface area contributed by atoms with Crippen molar-refractivity contribution in [2.45, 2.75) is 46.0 Å². The average Bonchev–Trinajstić information content (AvgIpc) is 2.99. The average molecular weight is 216 g/mol. The summed E-state index contributed by atoms with van der Waals surface area (Å²) in [6.45, 7) is 6.45. The van der Waals surface area contributed by atoms with Crippen LogP contribution in [0.1, 0.15) is 50.7 Å². The first-order valence-corrected chi connectivity index (χ1v) is 6.13. The van der Waals surface area contributed by atoms with Gasteiger partial charge in [0.05, 0.1) is 0 Å². The molecule has 1 aliphatic rings. The van der Waals surface area contributed by atoms with E-state index in [9.17, 15) is 4.79 Å². The van der Waals surface area contributed by atoms with E-state index in [0.29, 0.717) is 18.1 Å². The Morgan fingerprint density at radius 3 is 2.25 bits per heavy atom. The zero-order valence-electron chi connectivity index (χ0n) is 10.4. The molecule has 1 aromatic carbocycles. The summed E-state index contributed by atoms with van der Waals surface area (Å²) in [7, 11) is 0. The Balaban J connectivity index is 2.02. The topological polar surface area (TPSA) is 17.1 Å². The lowest BCUT2D eigenvalue weighted by atomic mass is 9.95. The van der Waals surface area contributed by atoms with E-state index in [1.807, 2.05) is 0 Å². The fourth-order valence-electron chi connectivity index (χ4n) is 1.89. The first-order valence-electron chi connectivity index (χ1n) is 6.13. The molecular weight excluding hydrogens is 196 g/mol. The molecule has 0 unspecified atom stereocenters. The highest BCUT2D eigenvalue weighted by atomic mass is 16.1. The fourth-order valence-corrected chi connectivity index (χ4v) is 1.89. The van der Waals surface area contributed by atoms with Gasteiger partial charge in [-0.15, -0.1) is 0 Å². The number of hydrogen-bond donors (Lipinski definition) is 0. The summed E-state index contributed by atoms with van der Waals surface area (Å²) in [5, 5.41) is 0. The van der Waals surface area contributed by atoms with Crippen LogP contribution >= 0.6 is 0 Å². The largest absolute Gasteiger partial charge is 0.299 e. The summed E-state index contributed by atoms with van der Waals surface area (Å²) in [5.74, 6) is 0.968. The van der Waals surface area contributed by atoms with Crippen molar-refractivity contribution in [3.05, 3.63) is 35.4 Å². The summed E-state index contributed by atoms with van der Waals surface area (Å²) in [6, 6.07) is 8.48. The van der Waals surface area contributed by atoms with Crippen molar-refractivity contribution in [1.82, 2.24) is 0 Å². The van der Waals surface area contributed by atoms with Crippen molar-refractivity contribution in [2.24, 2.45) is 5.41 Å². The third-order valence-electron chi connectivity index (χ3n) is 3.68. The molecule has 1 heteroatoms. The van der Waals surface area contributed by atoms with Crippen molar-refractivity contribution in [3.63, 3.8) is 0 Å². The monoisotopic (exact) mass is 216 g/mol. The van der Waals surface area contributed by atoms with Gasteiger partial charge >= 0.3 is 0 Å². The van der Waals surface area contributed by atoms with E-state index in [1.165, 1.54) is 5.56 Å². The van der Waals surface area contributed by atoms with Gasteiger partial charge in [-0.1, -0.05) is 45.0 Å². The van der Waals surface area contributed by atoms with Gasteiger partial charge in [0.2, 0.25) is 0 Å². The molecule has 16 heavy (non-hydrogen) atoms. The maximum absolute atomic E-state index is 11.9. The Bertz CT molecular complexity index is 382. The number of benzene rings is 1. The fraction of sp³-hybridized carbons (Fsp3) is 0.533. The maximum Gasteiger partial charge on any atom is 0.143 e. The summed E-state index contributed by atoms with van der Waals surface area (Å²) < 4.78 is 0. The molecule has 0 atom stereocenters. The Morgan fingerprint density at radius 2 is 1.81 bits per heavy atom. The Morgan fingerprint density at radius 1 is 1.25 bits per heavy atom. The lowest BCUT2D eigenvalue weighted by Gasteiger charge is -2.09. The van der Waals surface area contributed by atoms with Gasteiger partial charge in [0.15, 0.2) is 0 Å². The standard InChI is InChI=1S/C15H20O/c1-11(2)13-6-4-12(5-7-13)10-14(16)15(3)8-9-15/h4-7,11H,8-10H2,1-3H3. The molecule has 1 saturated carbocycles. The van der Waals surface area contributed by atoms with E-state index in [-0.39, 0.29) is 5.41 Å². The molecule has 0 radical (unpaired) electrons. The minimum Gasteiger partial charge on any atom is -0.299 e. The number of rotatable bonds is 4. The van der Waals surface area contributed by atoms with Gasteiger partial charge in [0, 0.05) is 11.8 Å². The van der Waals surface area contributed by atoms with Gasteiger partial charge in [-0.05, 0) is 29.9 Å². The molecule has 0 bridgehead atoms. The molecule has 0 aromatic heterocycles. The highest BCUT2D eigenvalue weighted by molar-refractivity contribution is 5.88. The summed E-state index contributed by atoms with van der Waals surface area (Å²) in [6.07, 6.45) is 2.76. The van der Waals surface area contributed by atoms with Crippen molar-refractivity contribution < 1.29 is 4.79 Å².